The third-order valence-electron chi connectivity index (χ3n) is 6.60. The van der Waals surface area contributed by atoms with E-state index in [9.17, 15) is 19.2 Å². The first-order valence-electron chi connectivity index (χ1n) is 13.2. The highest BCUT2D eigenvalue weighted by atomic mass is 35.5. The van der Waals surface area contributed by atoms with Crippen molar-refractivity contribution in [3.05, 3.63) is 80.8 Å². The molecule has 40 heavy (non-hydrogen) atoms. The molecule has 2 aliphatic heterocycles. The summed E-state index contributed by atoms with van der Waals surface area (Å²) in [7, 11) is 0. The first-order chi connectivity index (χ1) is 19.1. The molecular weight excluding hydrogens is 555 g/mol. The Balaban J connectivity index is 1.94. The lowest BCUT2D eigenvalue weighted by Crippen LogP contribution is -2.38. The van der Waals surface area contributed by atoms with E-state index < -0.39 is 36.2 Å². The van der Waals surface area contributed by atoms with E-state index in [1.807, 2.05) is 13.8 Å². The van der Waals surface area contributed by atoms with Gasteiger partial charge in [0, 0.05) is 10.0 Å². The molecule has 2 aliphatic rings. The van der Waals surface area contributed by atoms with E-state index in [4.69, 9.17) is 32.7 Å². The number of nitrogens with zero attached hydrogens (tertiary/aromatic N) is 2. The molecule has 2 atom stereocenters. The topological polar surface area (TPSA) is 93.2 Å². The first-order valence-corrected chi connectivity index (χ1v) is 13.9. The van der Waals surface area contributed by atoms with Crippen LogP contribution in [0.5, 0.6) is 0 Å². The van der Waals surface area contributed by atoms with Gasteiger partial charge in [-0.05, 0) is 62.1 Å². The van der Waals surface area contributed by atoms with E-state index in [2.05, 4.69) is 0 Å². The average Bonchev–Trinajstić information content (AvgIpc) is 3.37. The van der Waals surface area contributed by atoms with Gasteiger partial charge in [-0.3, -0.25) is 9.59 Å². The van der Waals surface area contributed by atoms with Crippen LogP contribution in [-0.2, 0) is 19.1 Å². The van der Waals surface area contributed by atoms with Crippen molar-refractivity contribution in [2.75, 3.05) is 0 Å². The van der Waals surface area contributed by atoms with E-state index in [1.54, 1.807) is 62.4 Å². The number of amides is 4. The molecule has 0 N–H and O–H groups in total. The van der Waals surface area contributed by atoms with Crippen LogP contribution in [0, 0.1) is 0 Å². The van der Waals surface area contributed by atoms with E-state index in [0.29, 0.717) is 34.0 Å². The summed E-state index contributed by atoms with van der Waals surface area (Å²) in [5.74, 6) is -1.58. The summed E-state index contributed by atoms with van der Waals surface area (Å²) in [6, 6.07) is 12.7. The van der Waals surface area contributed by atoms with Gasteiger partial charge in [0.15, 0.2) is 0 Å². The van der Waals surface area contributed by atoms with E-state index >= 15 is 0 Å². The SMILES string of the molecule is CCCC(C)OC(=O)N1C(=O)C2=C(c3ccc(Cl)cc3)N(C(=O)OC(C)CCC)C(=O)C2=C1c1ccc(Cl)cc1. The van der Waals surface area contributed by atoms with Crippen molar-refractivity contribution in [3.63, 3.8) is 0 Å². The lowest BCUT2D eigenvalue weighted by molar-refractivity contribution is -0.123. The number of imide groups is 2. The molecule has 4 amide bonds. The van der Waals surface area contributed by atoms with Gasteiger partial charge in [0.2, 0.25) is 0 Å². The summed E-state index contributed by atoms with van der Waals surface area (Å²) in [4.78, 5) is 56.6. The summed E-state index contributed by atoms with van der Waals surface area (Å²) >= 11 is 12.2. The Morgan fingerprint density at radius 2 is 1.00 bits per heavy atom. The van der Waals surface area contributed by atoms with Crippen LogP contribution in [0.25, 0.3) is 11.4 Å². The molecule has 2 aromatic rings. The molecule has 0 bridgehead atoms. The Hall–Kier alpha value is -3.62. The molecule has 2 unspecified atom stereocenters. The highest BCUT2D eigenvalue weighted by Gasteiger charge is 2.53. The van der Waals surface area contributed by atoms with Gasteiger partial charge in [-0.1, -0.05) is 74.2 Å². The second-order valence-corrected chi connectivity index (χ2v) is 10.6. The van der Waals surface area contributed by atoms with Crippen molar-refractivity contribution in [1.82, 2.24) is 9.80 Å². The molecule has 2 aromatic carbocycles. The number of ether oxygens (including phenoxy) is 2. The lowest BCUT2D eigenvalue weighted by atomic mass is 10.0. The fraction of sp³-hybridized carbons (Fsp3) is 0.333. The van der Waals surface area contributed by atoms with Gasteiger partial charge in [0.25, 0.3) is 11.8 Å². The third kappa shape index (κ3) is 5.64. The Bertz CT molecular complexity index is 1290. The summed E-state index contributed by atoms with van der Waals surface area (Å²) in [5, 5.41) is 0.852. The molecule has 0 aromatic heterocycles. The fourth-order valence-electron chi connectivity index (χ4n) is 4.79. The smallest absolute Gasteiger partial charge is 0.421 e. The van der Waals surface area contributed by atoms with Crippen molar-refractivity contribution in [1.29, 1.82) is 0 Å². The van der Waals surface area contributed by atoms with Crippen LogP contribution in [0.2, 0.25) is 10.0 Å². The van der Waals surface area contributed by atoms with Crippen LogP contribution in [-0.4, -0.2) is 46.0 Å². The zero-order valence-corrected chi connectivity index (χ0v) is 24.2. The minimum atomic E-state index is -0.917. The predicted molar refractivity (Wildman–Crippen MR) is 152 cm³/mol. The van der Waals surface area contributed by atoms with Gasteiger partial charge in [0.05, 0.1) is 22.5 Å². The normalized spacial score (nSPS) is 16.4. The second-order valence-electron chi connectivity index (χ2n) is 9.71. The minimum absolute atomic E-state index is 0.0127. The quantitative estimate of drug-likeness (QED) is 0.320. The average molecular weight is 585 g/mol. The number of carbonyl (C=O) groups excluding carboxylic acids is 4. The fourth-order valence-corrected chi connectivity index (χ4v) is 5.05. The Labute approximate surface area is 243 Å². The minimum Gasteiger partial charge on any atom is -0.446 e. The van der Waals surface area contributed by atoms with E-state index in [0.717, 1.165) is 22.6 Å². The van der Waals surface area contributed by atoms with Crippen LogP contribution in [0.3, 0.4) is 0 Å². The monoisotopic (exact) mass is 584 g/mol. The van der Waals surface area contributed by atoms with Crippen LogP contribution in [0.15, 0.2) is 59.7 Å². The van der Waals surface area contributed by atoms with Gasteiger partial charge in [-0.15, -0.1) is 0 Å². The summed E-state index contributed by atoms with van der Waals surface area (Å²) in [6.45, 7) is 7.37. The number of halogens is 2. The van der Waals surface area contributed by atoms with Gasteiger partial charge >= 0.3 is 12.2 Å². The molecule has 10 heteroatoms. The molecule has 4 rings (SSSR count). The molecular formula is C30H30Cl2N2O6. The highest BCUT2D eigenvalue weighted by Crippen LogP contribution is 2.47. The van der Waals surface area contributed by atoms with Crippen molar-refractivity contribution >= 4 is 58.6 Å². The number of benzene rings is 2. The van der Waals surface area contributed by atoms with E-state index in [1.165, 1.54) is 0 Å². The van der Waals surface area contributed by atoms with Crippen molar-refractivity contribution in [3.8, 4) is 0 Å². The van der Waals surface area contributed by atoms with E-state index in [-0.39, 0.29) is 22.5 Å². The molecule has 0 saturated heterocycles. The maximum Gasteiger partial charge on any atom is 0.421 e. The number of hydrogen-bond donors (Lipinski definition) is 0. The third-order valence-corrected chi connectivity index (χ3v) is 7.10. The second kappa shape index (κ2) is 12.3. The maximum absolute atomic E-state index is 14.0. The van der Waals surface area contributed by atoms with Gasteiger partial charge in [0.1, 0.15) is 12.2 Å². The van der Waals surface area contributed by atoms with Gasteiger partial charge in [-0.2, -0.15) is 0 Å². The zero-order valence-electron chi connectivity index (χ0n) is 22.7. The first kappa shape index (κ1) is 29.4. The van der Waals surface area contributed by atoms with Crippen molar-refractivity contribution in [2.45, 2.75) is 65.6 Å². The lowest BCUT2D eigenvalue weighted by Gasteiger charge is -2.24. The van der Waals surface area contributed by atoms with Gasteiger partial charge < -0.3 is 9.47 Å². The number of carbonyl (C=O) groups is 4. The number of fused-ring (bicyclic) bond motifs is 1. The molecule has 8 nitrogen and oxygen atoms in total. The largest absolute Gasteiger partial charge is 0.446 e. The summed E-state index contributed by atoms with van der Waals surface area (Å²) < 4.78 is 11.2. The summed E-state index contributed by atoms with van der Waals surface area (Å²) in [5.41, 5.74) is 0.579. The van der Waals surface area contributed by atoms with Crippen LogP contribution < -0.4 is 0 Å². The van der Waals surface area contributed by atoms with Crippen molar-refractivity contribution < 1.29 is 28.7 Å². The maximum atomic E-state index is 14.0. The molecule has 0 radical (unpaired) electrons. The zero-order chi connectivity index (χ0) is 29.1. The van der Waals surface area contributed by atoms with Crippen molar-refractivity contribution in [2.24, 2.45) is 0 Å². The van der Waals surface area contributed by atoms with Crippen LogP contribution in [0.4, 0.5) is 9.59 Å². The van der Waals surface area contributed by atoms with Crippen LogP contribution in [0.1, 0.15) is 64.5 Å². The standard InChI is InChI=1S/C30H30Cl2N2O6/c1-5-7-17(3)39-29(37)33-25(19-9-13-21(31)14-10-19)23-24(27(33)35)26(20-11-15-22(32)16-12-20)34(28(23)36)30(38)40-18(4)8-6-2/h9-18H,5-8H2,1-4H3. The van der Waals surface area contributed by atoms with Gasteiger partial charge in [-0.25, -0.2) is 19.4 Å². The molecule has 0 saturated carbocycles. The predicted octanol–water partition coefficient (Wildman–Crippen LogP) is 7.45. The Morgan fingerprint density at radius 1 is 0.675 bits per heavy atom. The molecule has 0 aliphatic carbocycles. The Morgan fingerprint density at radius 3 is 1.30 bits per heavy atom. The summed E-state index contributed by atoms with van der Waals surface area (Å²) in [6.07, 6.45) is -0.0415. The molecule has 210 valence electrons. The molecule has 0 spiro atoms. The number of rotatable bonds is 8. The highest BCUT2D eigenvalue weighted by molar-refractivity contribution is 6.36. The molecule has 2 heterocycles. The Kier molecular flexibility index (Phi) is 9.01. The van der Waals surface area contributed by atoms with Crippen LogP contribution >= 0.6 is 23.2 Å². The number of hydrogen-bond acceptors (Lipinski definition) is 6. The molecule has 0 fully saturated rings.